The summed E-state index contributed by atoms with van der Waals surface area (Å²) in [5.74, 6) is -1.72. The molecule has 0 spiro atoms. The number of hydrogen-bond acceptors (Lipinski definition) is 4. The lowest BCUT2D eigenvalue weighted by Gasteiger charge is -2.41. The average Bonchev–Trinajstić information content (AvgIpc) is 2.61. The van der Waals surface area contributed by atoms with E-state index < -0.39 is 23.5 Å². The summed E-state index contributed by atoms with van der Waals surface area (Å²) in [5.41, 5.74) is -0.635. The summed E-state index contributed by atoms with van der Waals surface area (Å²) >= 11 is 0. The zero-order valence-corrected chi connectivity index (χ0v) is 15.1. The van der Waals surface area contributed by atoms with Gasteiger partial charge >= 0.3 is 12.4 Å². The van der Waals surface area contributed by atoms with Crippen molar-refractivity contribution >= 4 is 6.03 Å². The Hall–Kier alpha value is -3.04. The molecule has 0 bridgehead atoms. The lowest BCUT2D eigenvalue weighted by molar-refractivity contribution is -0.275. The van der Waals surface area contributed by atoms with Crippen molar-refractivity contribution in [1.82, 2.24) is 15.2 Å². The molecule has 1 unspecified atom stereocenters. The van der Waals surface area contributed by atoms with Crippen molar-refractivity contribution in [2.75, 3.05) is 19.7 Å². The number of nitrogens with zero attached hydrogens (tertiary/aromatic N) is 2. The van der Waals surface area contributed by atoms with Crippen molar-refractivity contribution in [2.45, 2.75) is 24.7 Å². The maximum atomic E-state index is 14.5. The molecule has 2 amide bonds. The number of urea groups is 1. The summed E-state index contributed by atoms with van der Waals surface area (Å²) in [4.78, 5) is 18.6. The van der Waals surface area contributed by atoms with Crippen LogP contribution in [0, 0.1) is 5.82 Å². The van der Waals surface area contributed by atoms with E-state index in [4.69, 9.17) is 4.74 Å². The summed E-state index contributed by atoms with van der Waals surface area (Å²) in [6, 6.07) is 6.10. The highest BCUT2D eigenvalue weighted by Crippen LogP contribution is 2.42. The standard InChI is InChI=1S/C19H17F4N3O3/c20-13-11-12(4-5-14(13)29-19(21,22)23)18(25-17(27)26-8-2-9-26)6-10-28-15-3-1-7-24-16(15)18/h1,3-5,7,11H,2,6,8-10H2,(H,25,27). The van der Waals surface area contributed by atoms with E-state index in [-0.39, 0.29) is 24.6 Å². The van der Waals surface area contributed by atoms with Crippen LogP contribution in [0.25, 0.3) is 0 Å². The third-order valence-electron chi connectivity index (χ3n) is 5.02. The average molecular weight is 411 g/mol. The Bertz CT molecular complexity index is 933. The first-order valence-electron chi connectivity index (χ1n) is 9.00. The minimum absolute atomic E-state index is 0.210. The highest BCUT2D eigenvalue weighted by molar-refractivity contribution is 5.77. The number of rotatable bonds is 3. The fraction of sp³-hybridized carbons (Fsp3) is 0.368. The molecule has 6 nitrogen and oxygen atoms in total. The molecule has 2 aliphatic heterocycles. The Labute approximate surface area is 163 Å². The van der Waals surface area contributed by atoms with Crippen LogP contribution in [-0.4, -0.2) is 42.0 Å². The van der Waals surface area contributed by atoms with Crippen LogP contribution in [0.4, 0.5) is 22.4 Å². The van der Waals surface area contributed by atoms with Crippen LogP contribution in [0.15, 0.2) is 36.5 Å². The van der Waals surface area contributed by atoms with Gasteiger partial charge in [-0.2, -0.15) is 0 Å². The molecule has 4 rings (SSSR count). The fourth-order valence-electron chi connectivity index (χ4n) is 3.49. The van der Waals surface area contributed by atoms with Crippen molar-refractivity contribution in [3.05, 3.63) is 53.6 Å². The Morgan fingerprint density at radius 3 is 2.72 bits per heavy atom. The van der Waals surface area contributed by atoms with Crippen molar-refractivity contribution in [1.29, 1.82) is 0 Å². The zero-order valence-electron chi connectivity index (χ0n) is 15.1. The third-order valence-corrected chi connectivity index (χ3v) is 5.02. The van der Waals surface area contributed by atoms with Crippen LogP contribution in [0.1, 0.15) is 24.1 Å². The second-order valence-electron chi connectivity index (χ2n) is 6.82. The number of hydrogen-bond donors (Lipinski definition) is 1. The number of ether oxygens (including phenoxy) is 2. The highest BCUT2D eigenvalue weighted by atomic mass is 19.4. The summed E-state index contributed by atoms with van der Waals surface area (Å²) in [7, 11) is 0. The predicted octanol–water partition coefficient (Wildman–Crippen LogP) is 3.56. The van der Waals surface area contributed by atoms with Crippen molar-refractivity contribution in [2.24, 2.45) is 0 Å². The molecule has 1 aromatic heterocycles. The van der Waals surface area contributed by atoms with E-state index in [2.05, 4.69) is 15.0 Å². The second-order valence-corrected chi connectivity index (χ2v) is 6.82. The van der Waals surface area contributed by atoms with Crippen LogP contribution >= 0.6 is 0 Å². The SMILES string of the molecule is O=C(NC1(c2ccc(OC(F)(F)F)c(F)c2)CCOc2cccnc21)N1CCC1. The minimum atomic E-state index is -5.02. The summed E-state index contributed by atoms with van der Waals surface area (Å²) in [6.45, 7) is 1.40. The fourth-order valence-corrected chi connectivity index (χ4v) is 3.49. The first kappa shape index (κ1) is 19.3. The summed E-state index contributed by atoms with van der Waals surface area (Å²) in [6.07, 6.45) is -2.39. The smallest absolute Gasteiger partial charge is 0.491 e. The summed E-state index contributed by atoms with van der Waals surface area (Å²) in [5, 5.41) is 2.92. The number of alkyl halides is 3. The monoisotopic (exact) mass is 411 g/mol. The molecule has 1 atom stereocenters. The minimum Gasteiger partial charge on any atom is -0.491 e. The molecular formula is C19H17F4N3O3. The molecule has 3 heterocycles. The van der Waals surface area contributed by atoms with E-state index in [1.165, 1.54) is 12.3 Å². The van der Waals surface area contributed by atoms with Gasteiger partial charge in [-0.1, -0.05) is 6.07 Å². The van der Waals surface area contributed by atoms with Crippen molar-refractivity contribution in [3.63, 3.8) is 0 Å². The maximum absolute atomic E-state index is 14.5. The van der Waals surface area contributed by atoms with Gasteiger partial charge in [-0.05, 0) is 36.2 Å². The molecule has 1 fully saturated rings. The molecule has 0 radical (unpaired) electrons. The van der Waals surface area contributed by atoms with Gasteiger partial charge in [0.2, 0.25) is 0 Å². The number of aromatic nitrogens is 1. The highest BCUT2D eigenvalue weighted by Gasteiger charge is 2.44. The topological polar surface area (TPSA) is 63.7 Å². The Morgan fingerprint density at radius 1 is 1.28 bits per heavy atom. The normalized spacial score (nSPS) is 20.9. The van der Waals surface area contributed by atoms with Gasteiger partial charge in [-0.15, -0.1) is 13.2 Å². The molecule has 1 saturated heterocycles. The third kappa shape index (κ3) is 3.66. The van der Waals surface area contributed by atoms with E-state index in [1.54, 1.807) is 17.0 Å². The Kier molecular flexibility index (Phi) is 4.71. The Morgan fingerprint density at radius 2 is 2.07 bits per heavy atom. The van der Waals surface area contributed by atoms with Crippen LogP contribution < -0.4 is 14.8 Å². The number of benzene rings is 1. The molecule has 0 aliphatic carbocycles. The molecular weight excluding hydrogens is 394 g/mol. The zero-order chi connectivity index (χ0) is 20.6. The lowest BCUT2D eigenvalue weighted by Crippen LogP contribution is -2.57. The van der Waals surface area contributed by atoms with Gasteiger partial charge < -0.3 is 19.7 Å². The molecule has 1 aromatic carbocycles. The van der Waals surface area contributed by atoms with Gasteiger partial charge in [-0.25, -0.2) is 9.18 Å². The number of likely N-dealkylation sites (tertiary alicyclic amines) is 1. The number of pyridine rings is 1. The first-order valence-corrected chi connectivity index (χ1v) is 9.00. The van der Waals surface area contributed by atoms with Gasteiger partial charge in [0.15, 0.2) is 11.6 Å². The van der Waals surface area contributed by atoms with Crippen LogP contribution in [0.5, 0.6) is 11.5 Å². The second kappa shape index (κ2) is 7.09. The molecule has 154 valence electrons. The molecule has 2 aromatic rings. The van der Waals surface area contributed by atoms with Gasteiger partial charge in [0.25, 0.3) is 0 Å². The number of carbonyl (C=O) groups excluding carboxylic acids is 1. The van der Waals surface area contributed by atoms with E-state index in [9.17, 15) is 22.4 Å². The van der Waals surface area contributed by atoms with Gasteiger partial charge in [0.1, 0.15) is 17.0 Å². The van der Waals surface area contributed by atoms with E-state index in [0.29, 0.717) is 24.5 Å². The summed E-state index contributed by atoms with van der Waals surface area (Å²) < 4.78 is 61.2. The largest absolute Gasteiger partial charge is 0.573 e. The van der Waals surface area contributed by atoms with E-state index in [1.807, 2.05) is 0 Å². The molecule has 29 heavy (non-hydrogen) atoms. The molecule has 1 N–H and O–H groups in total. The molecule has 0 saturated carbocycles. The maximum Gasteiger partial charge on any atom is 0.573 e. The predicted molar refractivity (Wildman–Crippen MR) is 92.9 cm³/mol. The quantitative estimate of drug-likeness (QED) is 0.785. The molecule has 2 aliphatic rings. The van der Waals surface area contributed by atoms with Gasteiger partial charge in [0.05, 0.1) is 6.61 Å². The van der Waals surface area contributed by atoms with Gasteiger partial charge in [0, 0.05) is 25.7 Å². The van der Waals surface area contributed by atoms with Crippen molar-refractivity contribution in [3.8, 4) is 11.5 Å². The Balaban J connectivity index is 1.77. The number of amides is 2. The number of carbonyl (C=O) groups is 1. The number of nitrogens with one attached hydrogen (secondary N) is 1. The molecule has 10 heteroatoms. The lowest BCUT2D eigenvalue weighted by atomic mass is 9.81. The van der Waals surface area contributed by atoms with Crippen LogP contribution in [-0.2, 0) is 5.54 Å². The van der Waals surface area contributed by atoms with E-state index >= 15 is 0 Å². The number of halogens is 4. The van der Waals surface area contributed by atoms with Crippen LogP contribution in [0.3, 0.4) is 0 Å². The van der Waals surface area contributed by atoms with Crippen molar-refractivity contribution < 1.29 is 31.8 Å². The van der Waals surface area contributed by atoms with Crippen LogP contribution in [0.2, 0.25) is 0 Å². The number of fused-ring (bicyclic) bond motifs is 1. The van der Waals surface area contributed by atoms with E-state index in [0.717, 1.165) is 18.6 Å². The van der Waals surface area contributed by atoms with Gasteiger partial charge in [-0.3, -0.25) is 4.98 Å². The first-order chi connectivity index (χ1) is 13.8.